The molecule has 1 fully saturated rings. The Bertz CT molecular complexity index is 1160. The number of carbonyl (C=O) groups is 1. The van der Waals surface area contributed by atoms with Crippen molar-refractivity contribution in [1.82, 2.24) is 25.1 Å². The van der Waals surface area contributed by atoms with Gasteiger partial charge in [0.1, 0.15) is 16.4 Å². The summed E-state index contributed by atoms with van der Waals surface area (Å²) >= 11 is 1.50. The zero-order valence-corrected chi connectivity index (χ0v) is 17.6. The summed E-state index contributed by atoms with van der Waals surface area (Å²) in [6, 6.07) is 19.5. The van der Waals surface area contributed by atoms with E-state index < -0.39 is 0 Å². The van der Waals surface area contributed by atoms with Gasteiger partial charge in [-0.05, 0) is 24.3 Å². The Kier molecular flexibility index (Phi) is 5.37. The number of hydrogen-bond acceptors (Lipinski definition) is 7. The van der Waals surface area contributed by atoms with Crippen molar-refractivity contribution < 1.29 is 4.79 Å². The van der Waals surface area contributed by atoms with Crippen LogP contribution in [0.4, 0.5) is 5.82 Å². The molecule has 3 aromatic heterocycles. The van der Waals surface area contributed by atoms with Gasteiger partial charge in [-0.25, -0.2) is 4.98 Å². The highest BCUT2D eigenvalue weighted by Gasteiger charge is 2.25. The smallest absolute Gasteiger partial charge is 0.273 e. The van der Waals surface area contributed by atoms with E-state index in [9.17, 15) is 4.79 Å². The highest BCUT2D eigenvalue weighted by molar-refractivity contribution is 7.13. The van der Waals surface area contributed by atoms with Gasteiger partial charge in [-0.1, -0.05) is 36.4 Å². The zero-order chi connectivity index (χ0) is 21.0. The number of anilines is 1. The van der Waals surface area contributed by atoms with Crippen LogP contribution in [0.3, 0.4) is 0 Å². The molecule has 5 rings (SSSR count). The lowest BCUT2D eigenvalue weighted by molar-refractivity contribution is 0.0741. The predicted octanol–water partition coefficient (Wildman–Crippen LogP) is 3.62. The number of rotatable bonds is 4. The first-order valence-electron chi connectivity index (χ1n) is 10.1. The molecule has 1 aliphatic rings. The highest BCUT2D eigenvalue weighted by Crippen LogP contribution is 2.24. The molecule has 4 aromatic rings. The average molecular weight is 429 g/mol. The maximum atomic E-state index is 12.9. The Morgan fingerprint density at radius 2 is 1.65 bits per heavy atom. The number of piperazine rings is 1. The Morgan fingerprint density at radius 3 is 2.35 bits per heavy atom. The molecule has 0 bridgehead atoms. The van der Waals surface area contributed by atoms with Crippen molar-refractivity contribution in [1.29, 1.82) is 0 Å². The SMILES string of the molecule is O=C(c1csc(-c2ccccc2)n1)N1CCN(c2ccc(-c3ccccn3)nn2)CC1. The lowest BCUT2D eigenvalue weighted by Gasteiger charge is -2.34. The first-order chi connectivity index (χ1) is 15.3. The van der Waals surface area contributed by atoms with Crippen molar-refractivity contribution in [2.24, 2.45) is 0 Å². The fraction of sp³-hybridized carbons (Fsp3) is 0.174. The molecule has 0 unspecified atom stereocenters. The molecular formula is C23H20N6OS. The largest absolute Gasteiger partial charge is 0.352 e. The van der Waals surface area contributed by atoms with E-state index in [0.717, 1.165) is 27.8 Å². The zero-order valence-electron chi connectivity index (χ0n) is 16.8. The van der Waals surface area contributed by atoms with Gasteiger partial charge in [-0.15, -0.1) is 21.5 Å². The van der Waals surface area contributed by atoms with Gasteiger partial charge in [-0.2, -0.15) is 0 Å². The molecule has 8 heteroatoms. The van der Waals surface area contributed by atoms with E-state index in [4.69, 9.17) is 0 Å². The maximum absolute atomic E-state index is 12.9. The summed E-state index contributed by atoms with van der Waals surface area (Å²) in [6.45, 7) is 2.67. The second-order valence-electron chi connectivity index (χ2n) is 7.17. The molecule has 1 aliphatic heterocycles. The number of aromatic nitrogens is 4. The molecule has 31 heavy (non-hydrogen) atoms. The normalized spacial score (nSPS) is 13.9. The number of thiazole rings is 1. The minimum Gasteiger partial charge on any atom is -0.352 e. The number of hydrogen-bond donors (Lipinski definition) is 0. The average Bonchev–Trinajstić information content (AvgIpc) is 3.35. The molecule has 1 saturated heterocycles. The van der Waals surface area contributed by atoms with Gasteiger partial charge in [0.05, 0.1) is 5.69 Å². The van der Waals surface area contributed by atoms with Gasteiger partial charge in [0.25, 0.3) is 5.91 Å². The number of benzene rings is 1. The van der Waals surface area contributed by atoms with Crippen LogP contribution in [0.2, 0.25) is 0 Å². The van der Waals surface area contributed by atoms with Crippen LogP contribution in [0, 0.1) is 0 Å². The van der Waals surface area contributed by atoms with Crippen molar-refractivity contribution in [3.63, 3.8) is 0 Å². The molecule has 7 nitrogen and oxygen atoms in total. The van der Waals surface area contributed by atoms with E-state index in [-0.39, 0.29) is 5.91 Å². The van der Waals surface area contributed by atoms with Crippen molar-refractivity contribution in [2.75, 3.05) is 31.1 Å². The van der Waals surface area contributed by atoms with Gasteiger partial charge < -0.3 is 9.80 Å². The van der Waals surface area contributed by atoms with Crippen molar-refractivity contribution in [3.05, 3.63) is 77.9 Å². The predicted molar refractivity (Wildman–Crippen MR) is 121 cm³/mol. The Labute approximate surface area is 184 Å². The second kappa shape index (κ2) is 8.61. The summed E-state index contributed by atoms with van der Waals surface area (Å²) in [5.74, 6) is 0.793. The maximum Gasteiger partial charge on any atom is 0.273 e. The minimum atomic E-state index is -0.0188. The molecular weight excluding hydrogens is 408 g/mol. The molecule has 0 saturated carbocycles. The van der Waals surface area contributed by atoms with Gasteiger partial charge in [0, 0.05) is 43.3 Å². The molecule has 0 N–H and O–H groups in total. The van der Waals surface area contributed by atoms with Crippen LogP contribution >= 0.6 is 11.3 Å². The number of carbonyl (C=O) groups excluding carboxylic acids is 1. The van der Waals surface area contributed by atoms with Gasteiger partial charge >= 0.3 is 0 Å². The third kappa shape index (κ3) is 4.15. The van der Waals surface area contributed by atoms with Crippen LogP contribution in [0.15, 0.2) is 72.2 Å². The van der Waals surface area contributed by atoms with E-state index in [2.05, 4.69) is 25.1 Å². The molecule has 0 radical (unpaired) electrons. The van der Waals surface area contributed by atoms with Gasteiger partial charge in [0.2, 0.25) is 0 Å². The second-order valence-corrected chi connectivity index (χ2v) is 8.03. The van der Waals surface area contributed by atoms with Crippen molar-refractivity contribution in [2.45, 2.75) is 0 Å². The summed E-state index contributed by atoms with van der Waals surface area (Å²) in [5.41, 5.74) is 3.09. The van der Waals surface area contributed by atoms with Crippen molar-refractivity contribution in [3.8, 4) is 22.0 Å². The first-order valence-corrected chi connectivity index (χ1v) is 11.0. The van der Waals surface area contributed by atoms with Gasteiger partial charge in [0.15, 0.2) is 5.82 Å². The number of amides is 1. The van der Waals surface area contributed by atoms with Crippen LogP contribution in [0.1, 0.15) is 10.5 Å². The number of nitrogens with zero attached hydrogens (tertiary/aromatic N) is 6. The minimum absolute atomic E-state index is 0.0188. The Morgan fingerprint density at radius 1 is 0.839 bits per heavy atom. The van der Waals surface area contributed by atoms with E-state index in [1.54, 1.807) is 6.20 Å². The summed E-state index contributed by atoms with van der Waals surface area (Å²) in [6.07, 6.45) is 1.74. The van der Waals surface area contributed by atoms with E-state index in [0.29, 0.717) is 31.9 Å². The van der Waals surface area contributed by atoms with Crippen LogP contribution in [0.5, 0.6) is 0 Å². The van der Waals surface area contributed by atoms with E-state index in [1.807, 2.05) is 70.9 Å². The summed E-state index contributed by atoms with van der Waals surface area (Å²) in [7, 11) is 0. The van der Waals surface area contributed by atoms with Crippen molar-refractivity contribution >= 4 is 23.1 Å². The Hall–Kier alpha value is -3.65. The molecule has 0 atom stereocenters. The lowest BCUT2D eigenvalue weighted by Crippen LogP contribution is -2.49. The van der Waals surface area contributed by atoms with E-state index in [1.165, 1.54) is 11.3 Å². The molecule has 4 heterocycles. The summed E-state index contributed by atoms with van der Waals surface area (Å²) in [4.78, 5) is 25.8. The molecule has 0 aliphatic carbocycles. The molecule has 154 valence electrons. The number of pyridine rings is 1. The first kappa shape index (κ1) is 19.3. The standard InChI is InChI=1S/C23H20N6OS/c30-23(20-16-31-22(25-20)17-6-2-1-3-7-17)29-14-12-28(13-15-29)21-10-9-19(26-27-21)18-8-4-5-11-24-18/h1-11,16H,12-15H2. The molecule has 1 amide bonds. The highest BCUT2D eigenvalue weighted by atomic mass is 32.1. The van der Waals surface area contributed by atoms with Gasteiger partial charge in [-0.3, -0.25) is 9.78 Å². The van der Waals surface area contributed by atoms with Crippen LogP contribution in [-0.4, -0.2) is 57.2 Å². The summed E-state index contributed by atoms with van der Waals surface area (Å²) in [5, 5.41) is 11.4. The molecule has 0 spiro atoms. The summed E-state index contributed by atoms with van der Waals surface area (Å²) < 4.78 is 0. The monoisotopic (exact) mass is 428 g/mol. The topological polar surface area (TPSA) is 75.1 Å². The quantitative estimate of drug-likeness (QED) is 0.494. The third-order valence-corrected chi connectivity index (χ3v) is 6.10. The fourth-order valence-electron chi connectivity index (χ4n) is 3.53. The lowest BCUT2D eigenvalue weighted by atomic mass is 10.2. The van der Waals surface area contributed by atoms with Crippen LogP contribution in [-0.2, 0) is 0 Å². The van der Waals surface area contributed by atoms with Crippen LogP contribution in [0.25, 0.3) is 22.0 Å². The van der Waals surface area contributed by atoms with Crippen LogP contribution < -0.4 is 4.90 Å². The fourth-order valence-corrected chi connectivity index (χ4v) is 4.33. The Balaban J connectivity index is 1.21. The molecule has 1 aromatic carbocycles. The third-order valence-electron chi connectivity index (χ3n) is 5.21. The van der Waals surface area contributed by atoms with E-state index >= 15 is 0 Å².